The number of nitrogens with one attached hydrogen (secondary N) is 2. The van der Waals surface area contributed by atoms with E-state index in [9.17, 15) is 14.4 Å². The molecule has 0 aromatic rings. The van der Waals surface area contributed by atoms with Crippen LogP contribution in [0.2, 0.25) is 0 Å². The van der Waals surface area contributed by atoms with Crippen LogP contribution >= 0.6 is 0 Å². The lowest BCUT2D eigenvalue weighted by atomic mass is 10.1. The standard InChI is InChI=1S/C20H38O2.C5H9N3O4/c1-2-3-4-5-6-7-8-9-10-11-12-13-14-15-16-17-18-19-20(21)22;6-5(7)8-2(4(11)12)1-3(9)10/h9-10H,2-8,11-19H2,1H3,(H,21,22);2H,1H2,(H,9,10)(H,11,12)(H4,6,7,8)/b10-9-;. The van der Waals surface area contributed by atoms with Crippen molar-refractivity contribution in [1.29, 1.82) is 5.41 Å². The molecule has 0 amide bonds. The van der Waals surface area contributed by atoms with E-state index in [-0.39, 0.29) is 0 Å². The Morgan fingerprint density at radius 1 is 0.765 bits per heavy atom. The zero-order valence-electron chi connectivity index (χ0n) is 20.9. The van der Waals surface area contributed by atoms with E-state index in [1.807, 2.05) is 5.32 Å². The Morgan fingerprint density at radius 2 is 1.21 bits per heavy atom. The van der Waals surface area contributed by atoms with Gasteiger partial charge in [-0.3, -0.25) is 15.0 Å². The largest absolute Gasteiger partial charge is 0.481 e. The predicted molar refractivity (Wildman–Crippen MR) is 135 cm³/mol. The van der Waals surface area contributed by atoms with Crippen molar-refractivity contribution in [2.24, 2.45) is 5.73 Å². The van der Waals surface area contributed by atoms with Crippen molar-refractivity contribution in [3.05, 3.63) is 12.2 Å². The van der Waals surface area contributed by atoms with Crippen LogP contribution in [0, 0.1) is 5.41 Å². The maximum atomic E-state index is 10.4. The molecule has 0 saturated carbocycles. The minimum Gasteiger partial charge on any atom is -0.481 e. The summed E-state index contributed by atoms with van der Waals surface area (Å²) in [4.78, 5) is 30.7. The smallest absolute Gasteiger partial charge is 0.326 e. The van der Waals surface area contributed by atoms with Gasteiger partial charge in [0.2, 0.25) is 0 Å². The van der Waals surface area contributed by atoms with Gasteiger partial charge in [-0.2, -0.15) is 0 Å². The normalized spacial score (nSPS) is 11.4. The van der Waals surface area contributed by atoms with Gasteiger partial charge >= 0.3 is 17.9 Å². The summed E-state index contributed by atoms with van der Waals surface area (Å²) in [5.74, 6) is -3.85. The van der Waals surface area contributed by atoms with Crippen LogP contribution in [0.5, 0.6) is 0 Å². The third-order valence-corrected chi connectivity index (χ3v) is 5.16. The van der Waals surface area contributed by atoms with Gasteiger partial charge in [0.1, 0.15) is 6.04 Å². The molecule has 0 aromatic heterocycles. The van der Waals surface area contributed by atoms with Gasteiger partial charge in [0.05, 0.1) is 6.42 Å². The number of unbranched alkanes of at least 4 members (excludes halogenated alkanes) is 13. The number of carboxylic acid groups (broad SMARTS) is 3. The summed E-state index contributed by atoms with van der Waals surface area (Å²) in [5.41, 5.74) is 4.82. The molecular formula is C25H47N3O6. The fourth-order valence-electron chi connectivity index (χ4n) is 3.26. The summed E-state index contributed by atoms with van der Waals surface area (Å²) in [5, 5.41) is 33.8. The number of allylic oxidation sites excluding steroid dienone is 2. The molecule has 0 radical (unpaired) electrons. The summed E-state index contributed by atoms with van der Waals surface area (Å²) in [7, 11) is 0. The highest BCUT2D eigenvalue weighted by molar-refractivity contribution is 5.86. The van der Waals surface area contributed by atoms with Crippen molar-refractivity contribution >= 4 is 23.9 Å². The quantitative estimate of drug-likeness (QED) is 0.0550. The molecule has 0 aliphatic carbocycles. The maximum Gasteiger partial charge on any atom is 0.326 e. The molecule has 7 N–H and O–H groups in total. The second-order valence-electron chi connectivity index (χ2n) is 8.48. The van der Waals surface area contributed by atoms with Gasteiger partial charge in [-0.25, -0.2) is 4.79 Å². The first-order chi connectivity index (χ1) is 16.2. The highest BCUT2D eigenvalue weighted by atomic mass is 16.4. The van der Waals surface area contributed by atoms with Crippen LogP contribution in [0.25, 0.3) is 0 Å². The lowest BCUT2D eigenvalue weighted by Crippen LogP contribution is -2.45. The minimum atomic E-state index is -1.35. The minimum absolute atomic E-state index is 0.337. The Morgan fingerprint density at radius 3 is 1.59 bits per heavy atom. The molecule has 0 spiro atoms. The van der Waals surface area contributed by atoms with E-state index >= 15 is 0 Å². The first-order valence-electron chi connectivity index (χ1n) is 12.6. The van der Waals surface area contributed by atoms with E-state index in [4.69, 9.17) is 26.5 Å². The molecule has 1 unspecified atom stereocenters. The number of guanidine groups is 1. The molecule has 0 saturated heterocycles. The molecule has 0 heterocycles. The fraction of sp³-hybridized carbons (Fsp3) is 0.760. The third-order valence-electron chi connectivity index (χ3n) is 5.16. The topological polar surface area (TPSA) is 174 Å². The van der Waals surface area contributed by atoms with Crippen LogP contribution in [0.3, 0.4) is 0 Å². The second-order valence-corrected chi connectivity index (χ2v) is 8.48. The first-order valence-corrected chi connectivity index (χ1v) is 12.6. The van der Waals surface area contributed by atoms with Crippen molar-refractivity contribution in [2.75, 3.05) is 0 Å². The van der Waals surface area contributed by atoms with Crippen molar-refractivity contribution < 1.29 is 29.7 Å². The Balaban J connectivity index is 0. The van der Waals surface area contributed by atoms with Crippen LogP contribution in [0.15, 0.2) is 12.2 Å². The second kappa shape index (κ2) is 25.1. The number of carbonyl (C=O) groups is 3. The number of aliphatic carboxylic acids is 3. The molecule has 0 fully saturated rings. The molecule has 9 heteroatoms. The molecule has 1 atom stereocenters. The average Bonchev–Trinajstić information content (AvgIpc) is 2.75. The van der Waals surface area contributed by atoms with Crippen LogP contribution in [0.1, 0.15) is 116 Å². The van der Waals surface area contributed by atoms with Crippen LogP contribution < -0.4 is 11.1 Å². The predicted octanol–water partition coefficient (Wildman–Crippen LogP) is 5.29. The summed E-state index contributed by atoms with van der Waals surface area (Å²) in [6, 6.07) is -1.35. The van der Waals surface area contributed by atoms with E-state index in [1.165, 1.54) is 83.5 Å². The van der Waals surface area contributed by atoms with E-state index in [0.29, 0.717) is 6.42 Å². The van der Waals surface area contributed by atoms with Crippen molar-refractivity contribution in [2.45, 2.75) is 122 Å². The van der Waals surface area contributed by atoms with E-state index in [2.05, 4.69) is 19.1 Å². The van der Waals surface area contributed by atoms with Crippen LogP contribution in [-0.2, 0) is 14.4 Å². The number of carboxylic acids is 3. The highest BCUT2D eigenvalue weighted by Crippen LogP contribution is 2.11. The molecule has 0 aromatic carbocycles. The lowest BCUT2D eigenvalue weighted by molar-refractivity contribution is -0.145. The van der Waals surface area contributed by atoms with E-state index in [0.717, 1.165) is 12.8 Å². The number of nitrogens with two attached hydrogens (primary N) is 1. The SMILES string of the molecule is CCCCCCCC/C=C\CCCCCCCCCC(=O)O.N=C(N)NC(CC(=O)O)C(=O)O. The summed E-state index contributed by atoms with van der Waals surface area (Å²) < 4.78 is 0. The van der Waals surface area contributed by atoms with Crippen molar-refractivity contribution in [1.82, 2.24) is 5.32 Å². The Kier molecular flexibility index (Phi) is 24.8. The molecule has 198 valence electrons. The number of hydrogen-bond acceptors (Lipinski definition) is 4. The first kappa shape index (κ1) is 33.6. The van der Waals surface area contributed by atoms with Crippen LogP contribution in [-0.4, -0.2) is 45.2 Å². The number of hydrogen-bond donors (Lipinski definition) is 6. The molecule has 9 nitrogen and oxygen atoms in total. The van der Waals surface area contributed by atoms with Gasteiger partial charge in [0, 0.05) is 6.42 Å². The Bertz CT molecular complexity index is 565. The van der Waals surface area contributed by atoms with Gasteiger partial charge < -0.3 is 26.4 Å². The third kappa shape index (κ3) is 29.4. The van der Waals surface area contributed by atoms with Gasteiger partial charge in [-0.05, 0) is 32.1 Å². The highest BCUT2D eigenvalue weighted by Gasteiger charge is 2.20. The van der Waals surface area contributed by atoms with Crippen molar-refractivity contribution in [3.63, 3.8) is 0 Å². The lowest BCUT2D eigenvalue weighted by Gasteiger charge is -2.10. The fourth-order valence-corrected chi connectivity index (χ4v) is 3.26. The van der Waals surface area contributed by atoms with Gasteiger partial charge in [-0.15, -0.1) is 0 Å². The van der Waals surface area contributed by atoms with Crippen LogP contribution in [0.4, 0.5) is 0 Å². The maximum absolute atomic E-state index is 10.4. The molecular weight excluding hydrogens is 438 g/mol. The molecule has 0 bridgehead atoms. The monoisotopic (exact) mass is 485 g/mol. The molecule has 34 heavy (non-hydrogen) atoms. The van der Waals surface area contributed by atoms with Gasteiger partial charge in [0.15, 0.2) is 5.96 Å². The zero-order chi connectivity index (χ0) is 26.0. The summed E-state index contributed by atoms with van der Waals surface area (Å²) >= 11 is 0. The molecule has 0 rings (SSSR count). The Hall–Kier alpha value is -2.58. The number of rotatable bonds is 21. The van der Waals surface area contributed by atoms with E-state index in [1.54, 1.807) is 0 Å². The van der Waals surface area contributed by atoms with Gasteiger partial charge in [0.25, 0.3) is 0 Å². The van der Waals surface area contributed by atoms with E-state index < -0.39 is 36.3 Å². The molecule has 0 aliphatic heterocycles. The summed E-state index contributed by atoms with van der Waals surface area (Å²) in [6.45, 7) is 2.27. The van der Waals surface area contributed by atoms with Gasteiger partial charge in [-0.1, -0.05) is 83.3 Å². The molecule has 0 aliphatic rings. The Labute approximate surface area is 204 Å². The average molecular weight is 486 g/mol. The summed E-state index contributed by atoms with van der Waals surface area (Å²) in [6.07, 6.45) is 23.6. The zero-order valence-corrected chi connectivity index (χ0v) is 20.9. The van der Waals surface area contributed by atoms with Crippen molar-refractivity contribution in [3.8, 4) is 0 Å².